The quantitative estimate of drug-likeness (QED) is 0.367. The van der Waals surface area contributed by atoms with E-state index in [2.05, 4.69) is 32.9 Å². The van der Waals surface area contributed by atoms with Crippen LogP contribution >= 0.6 is 0 Å². The molecule has 1 aromatic heterocycles. The molecule has 2 aliphatic heterocycles. The average molecular weight is 540 g/mol. The maximum absolute atomic E-state index is 15.1. The third-order valence-electron chi connectivity index (χ3n) is 8.42. The molecule has 2 saturated heterocycles. The highest BCUT2D eigenvalue weighted by Crippen LogP contribution is 2.31. The number of nitrogens with zero attached hydrogens (tertiary/aromatic N) is 4. The largest absolute Gasteiger partial charge is 0.490 e. The molecule has 2 N–H and O–H groups in total. The summed E-state index contributed by atoms with van der Waals surface area (Å²) in [6.07, 6.45) is 9.30. The summed E-state index contributed by atoms with van der Waals surface area (Å²) in [6.45, 7) is 15.7. The van der Waals surface area contributed by atoms with Crippen LogP contribution in [-0.2, 0) is 0 Å². The van der Waals surface area contributed by atoms with Crippen LogP contribution in [0.4, 0.5) is 8.78 Å². The molecule has 2 aromatic rings. The van der Waals surface area contributed by atoms with Crippen LogP contribution in [0.2, 0.25) is 0 Å². The highest BCUT2D eigenvalue weighted by molar-refractivity contribution is 5.67. The minimum atomic E-state index is -1.09. The van der Waals surface area contributed by atoms with Crippen LogP contribution < -0.4 is 10.5 Å². The van der Waals surface area contributed by atoms with E-state index in [1.807, 2.05) is 19.9 Å². The summed E-state index contributed by atoms with van der Waals surface area (Å²) in [5.41, 5.74) is 7.32. The Morgan fingerprint density at radius 1 is 1.08 bits per heavy atom. The molecule has 2 aliphatic rings. The Hall–Kier alpha value is -3.00. The van der Waals surface area contributed by atoms with Gasteiger partial charge >= 0.3 is 0 Å². The summed E-state index contributed by atoms with van der Waals surface area (Å²) in [6, 6.07) is 5.05. The fourth-order valence-electron chi connectivity index (χ4n) is 5.61. The maximum atomic E-state index is 15.1. The second kappa shape index (κ2) is 12.9. The number of halogens is 2. The van der Waals surface area contributed by atoms with Gasteiger partial charge in [-0.25, -0.2) is 18.7 Å². The SMILES string of the molecule is C=C(N)C1CCCCN1C(=C)c1ccc(-c2ncc(OCC3CCN(CC(F)(CC)CC)CC3)cn2)c(F)c1. The minimum Gasteiger partial charge on any atom is -0.490 e. The number of alkyl halides is 1. The van der Waals surface area contributed by atoms with Crippen LogP contribution in [0.3, 0.4) is 0 Å². The summed E-state index contributed by atoms with van der Waals surface area (Å²) in [5.74, 6) is 0.868. The van der Waals surface area contributed by atoms with Crippen LogP contribution in [-0.4, -0.2) is 64.3 Å². The zero-order chi connectivity index (χ0) is 28.0. The van der Waals surface area contributed by atoms with Crippen molar-refractivity contribution in [2.24, 2.45) is 11.7 Å². The minimum absolute atomic E-state index is 0.0223. The molecule has 6 nitrogen and oxygen atoms in total. The highest BCUT2D eigenvalue weighted by Gasteiger charge is 2.30. The van der Waals surface area contributed by atoms with Crippen molar-refractivity contribution >= 4 is 5.70 Å². The number of hydrogen-bond acceptors (Lipinski definition) is 6. The molecule has 0 amide bonds. The maximum Gasteiger partial charge on any atom is 0.162 e. The van der Waals surface area contributed by atoms with Gasteiger partial charge in [0, 0.05) is 30.0 Å². The van der Waals surface area contributed by atoms with E-state index < -0.39 is 11.5 Å². The third kappa shape index (κ3) is 7.15. The molecular weight excluding hydrogens is 496 g/mol. The van der Waals surface area contributed by atoms with Crippen LogP contribution in [0.5, 0.6) is 5.75 Å². The number of piperidine rings is 2. The highest BCUT2D eigenvalue weighted by atomic mass is 19.1. The summed E-state index contributed by atoms with van der Waals surface area (Å²) in [5, 5.41) is 0. The van der Waals surface area contributed by atoms with Crippen molar-refractivity contribution in [1.82, 2.24) is 19.8 Å². The van der Waals surface area contributed by atoms with E-state index in [9.17, 15) is 4.39 Å². The van der Waals surface area contributed by atoms with E-state index >= 15 is 4.39 Å². The number of hydrogen-bond donors (Lipinski definition) is 1. The van der Waals surface area contributed by atoms with Gasteiger partial charge in [-0.1, -0.05) is 33.1 Å². The molecule has 1 aromatic carbocycles. The normalized spacial score (nSPS) is 19.2. The lowest BCUT2D eigenvalue weighted by Crippen LogP contribution is -2.44. The first-order chi connectivity index (χ1) is 18.7. The van der Waals surface area contributed by atoms with Crippen molar-refractivity contribution in [2.75, 3.05) is 32.8 Å². The van der Waals surface area contributed by atoms with Gasteiger partial charge in [0.25, 0.3) is 0 Å². The molecule has 1 atom stereocenters. The van der Waals surface area contributed by atoms with Crippen molar-refractivity contribution in [3.05, 3.63) is 60.8 Å². The smallest absolute Gasteiger partial charge is 0.162 e. The zero-order valence-corrected chi connectivity index (χ0v) is 23.5. The fraction of sp³-hybridized carbons (Fsp3) is 0.548. The van der Waals surface area contributed by atoms with Gasteiger partial charge in [0.1, 0.15) is 11.5 Å². The topological polar surface area (TPSA) is 67.5 Å². The summed E-state index contributed by atoms with van der Waals surface area (Å²) in [7, 11) is 0. The van der Waals surface area contributed by atoms with Crippen LogP contribution in [0.25, 0.3) is 17.1 Å². The van der Waals surface area contributed by atoms with E-state index in [1.165, 1.54) is 6.07 Å². The predicted molar refractivity (Wildman–Crippen MR) is 153 cm³/mol. The lowest BCUT2D eigenvalue weighted by Gasteiger charge is -2.39. The first kappa shape index (κ1) is 29.0. The van der Waals surface area contributed by atoms with Crippen molar-refractivity contribution in [3.8, 4) is 17.1 Å². The van der Waals surface area contributed by atoms with E-state index in [0.29, 0.717) is 60.3 Å². The molecule has 8 heteroatoms. The van der Waals surface area contributed by atoms with Gasteiger partial charge in [-0.3, -0.25) is 0 Å². The van der Waals surface area contributed by atoms with Crippen molar-refractivity contribution in [2.45, 2.75) is 70.5 Å². The summed E-state index contributed by atoms with van der Waals surface area (Å²) < 4.78 is 35.8. The lowest BCUT2D eigenvalue weighted by molar-refractivity contribution is 0.0568. The standard InChI is InChI=1S/C31H43F2N5O/c1-5-31(33,6-2)21-37-15-12-24(13-16-37)20-39-26-18-35-30(36-19-26)27-11-10-25(17-28(27)32)23(4)38-14-8-7-9-29(38)22(3)34/h10-11,17-19,24,29H,3-9,12-16,20-21,34H2,1-2H3. The van der Waals surface area contributed by atoms with Crippen molar-refractivity contribution in [3.63, 3.8) is 0 Å². The lowest BCUT2D eigenvalue weighted by atomic mass is 9.94. The van der Waals surface area contributed by atoms with Crippen LogP contribution in [0, 0.1) is 11.7 Å². The third-order valence-corrected chi connectivity index (χ3v) is 8.42. The first-order valence-corrected chi connectivity index (χ1v) is 14.3. The molecule has 3 heterocycles. The molecule has 39 heavy (non-hydrogen) atoms. The Kier molecular flexibility index (Phi) is 9.59. The number of rotatable bonds is 11. The van der Waals surface area contributed by atoms with Gasteiger partial charge in [-0.05, 0) is 76.1 Å². The molecule has 212 valence electrons. The monoisotopic (exact) mass is 539 g/mol. The molecule has 0 radical (unpaired) electrons. The number of benzene rings is 1. The molecule has 0 saturated carbocycles. The Morgan fingerprint density at radius 3 is 2.38 bits per heavy atom. The number of ether oxygens (including phenoxy) is 1. The molecule has 0 aliphatic carbocycles. The first-order valence-electron chi connectivity index (χ1n) is 14.3. The Balaban J connectivity index is 1.31. The van der Waals surface area contributed by atoms with Gasteiger partial charge in [0.05, 0.1) is 30.6 Å². The number of nitrogens with two attached hydrogens (primary N) is 1. The Labute approximate surface area is 232 Å². The Morgan fingerprint density at radius 2 is 1.77 bits per heavy atom. The predicted octanol–water partition coefficient (Wildman–Crippen LogP) is 6.20. The molecule has 2 fully saturated rings. The van der Waals surface area contributed by atoms with Crippen LogP contribution in [0.1, 0.15) is 64.4 Å². The van der Waals surface area contributed by atoms with Crippen molar-refractivity contribution < 1.29 is 13.5 Å². The fourth-order valence-corrected chi connectivity index (χ4v) is 5.61. The van der Waals surface area contributed by atoms with Gasteiger partial charge in [0.2, 0.25) is 0 Å². The molecule has 0 spiro atoms. The second-order valence-corrected chi connectivity index (χ2v) is 11.1. The van der Waals surface area contributed by atoms with Gasteiger partial charge in [-0.2, -0.15) is 0 Å². The summed E-state index contributed by atoms with van der Waals surface area (Å²) in [4.78, 5) is 13.1. The summed E-state index contributed by atoms with van der Waals surface area (Å²) >= 11 is 0. The average Bonchev–Trinajstić information content (AvgIpc) is 2.96. The molecule has 0 bridgehead atoms. The zero-order valence-electron chi connectivity index (χ0n) is 23.5. The van der Waals surface area contributed by atoms with Gasteiger partial charge < -0.3 is 20.3 Å². The van der Waals surface area contributed by atoms with E-state index in [-0.39, 0.29) is 6.04 Å². The van der Waals surface area contributed by atoms with E-state index in [0.717, 1.165) is 57.4 Å². The van der Waals surface area contributed by atoms with Gasteiger partial charge in [-0.15, -0.1) is 0 Å². The Bertz CT molecular complexity index is 1130. The molecule has 1 unspecified atom stereocenters. The molecular formula is C31H43F2N5O. The van der Waals surface area contributed by atoms with Crippen LogP contribution in [0.15, 0.2) is 49.4 Å². The van der Waals surface area contributed by atoms with Gasteiger partial charge in [0.15, 0.2) is 11.6 Å². The van der Waals surface area contributed by atoms with E-state index in [1.54, 1.807) is 18.5 Å². The number of likely N-dealkylation sites (tertiary alicyclic amines) is 2. The van der Waals surface area contributed by atoms with E-state index in [4.69, 9.17) is 10.5 Å². The number of aromatic nitrogens is 2. The van der Waals surface area contributed by atoms with Crippen molar-refractivity contribution in [1.29, 1.82) is 0 Å². The second-order valence-electron chi connectivity index (χ2n) is 11.1. The molecule has 4 rings (SSSR count).